The highest BCUT2D eigenvalue weighted by atomic mass is 32.2. The van der Waals surface area contributed by atoms with E-state index in [1.807, 2.05) is 6.92 Å². The van der Waals surface area contributed by atoms with Crippen LogP contribution in [0.5, 0.6) is 0 Å². The molecule has 3 N–H and O–H groups in total. The maximum atomic E-state index is 13.5. The zero-order valence-corrected chi connectivity index (χ0v) is 24.7. The smallest absolute Gasteiger partial charge is 0.407 e. The van der Waals surface area contributed by atoms with E-state index in [4.69, 9.17) is 0 Å². The van der Waals surface area contributed by atoms with Crippen LogP contribution < -0.4 is 4.72 Å². The number of carboxylic acid groups (broad SMARTS) is 1. The Kier molecular flexibility index (Phi) is 8.28. The average Bonchev–Trinajstić information content (AvgIpc) is 3.30. The van der Waals surface area contributed by atoms with Crippen LogP contribution in [0.15, 0.2) is 76.7 Å². The fourth-order valence-corrected chi connectivity index (χ4v) is 6.98. The Hall–Kier alpha value is -3.78. The van der Waals surface area contributed by atoms with Gasteiger partial charge in [0.25, 0.3) is 10.0 Å². The highest BCUT2D eigenvalue weighted by Gasteiger charge is 2.27. The molecule has 0 aliphatic heterocycles. The van der Waals surface area contributed by atoms with Gasteiger partial charge in [0.05, 0.1) is 22.1 Å². The Labute approximate surface area is 239 Å². The van der Waals surface area contributed by atoms with E-state index in [1.54, 1.807) is 57.2 Å². The number of nitrogens with one attached hydrogen (secondary N) is 1. The van der Waals surface area contributed by atoms with Crippen molar-refractivity contribution < 1.29 is 31.8 Å². The fourth-order valence-electron chi connectivity index (χ4n) is 4.48. The summed E-state index contributed by atoms with van der Waals surface area (Å²) in [5.74, 6) is 0. The molecule has 0 aliphatic carbocycles. The highest BCUT2D eigenvalue weighted by molar-refractivity contribution is 7.90. The quantitative estimate of drug-likeness (QED) is 0.262. The van der Waals surface area contributed by atoms with Gasteiger partial charge in [0.2, 0.25) is 10.0 Å². The maximum Gasteiger partial charge on any atom is 0.407 e. The molecule has 0 radical (unpaired) electrons. The summed E-state index contributed by atoms with van der Waals surface area (Å²) in [5, 5.41) is 19.9. The zero-order chi connectivity index (χ0) is 30.2. The van der Waals surface area contributed by atoms with Gasteiger partial charge in [-0.3, -0.25) is 0 Å². The fraction of sp³-hybridized carbons (Fsp3) is 0.286. The molecule has 0 bridgehead atoms. The van der Waals surface area contributed by atoms with Crippen molar-refractivity contribution in [2.24, 2.45) is 0 Å². The molecule has 0 unspecified atom stereocenters. The lowest BCUT2D eigenvalue weighted by Gasteiger charge is -2.33. The van der Waals surface area contributed by atoms with Crippen molar-refractivity contribution in [3.63, 3.8) is 0 Å². The van der Waals surface area contributed by atoms with E-state index in [0.29, 0.717) is 16.5 Å². The number of sulfonamides is 1. The predicted octanol–water partition coefficient (Wildman–Crippen LogP) is 3.80. The van der Waals surface area contributed by atoms with Crippen LogP contribution in [0.1, 0.15) is 32.0 Å². The first-order valence-electron chi connectivity index (χ1n) is 12.7. The van der Waals surface area contributed by atoms with Gasteiger partial charge in [0, 0.05) is 30.2 Å². The minimum atomic E-state index is -4.07. The Balaban J connectivity index is 1.65. The van der Waals surface area contributed by atoms with Crippen molar-refractivity contribution in [1.82, 2.24) is 18.6 Å². The Morgan fingerprint density at radius 3 is 2.15 bits per heavy atom. The van der Waals surface area contributed by atoms with Gasteiger partial charge in [0.15, 0.2) is 5.65 Å². The molecule has 4 rings (SSSR count). The second kappa shape index (κ2) is 11.2. The number of hydrogen-bond donors (Lipinski definition) is 3. The number of nitrogens with zero attached hydrogens (tertiary/aromatic N) is 3. The third-order valence-electron chi connectivity index (χ3n) is 6.60. The van der Waals surface area contributed by atoms with Crippen molar-refractivity contribution in [2.45, 2.75) is 49.6 Å². The molecule has 1 amide bonds. The van der Waals surface area contributed by atoms with E-state index in [1.165, 1.54) is 30.5 Å². The molecule has 13 heteroatoms. The summed E-state index contributed by atoms with van der Waals surface area (Å²) in [6, 6.07) is 15.6. The van der Waals surface area contributed by atoms with Crippen LogP contribution in [0.3, 0.4) is 0 Å². The number of pyridine rings is 1. The number of rotatable bonds is 9. The largest absolute Gasteiger partial charge is 0.465 e. The first kappa shape index (κ1) is 30.2. The monoisotopic (exact) mass is 600 g/mol. The third-order valence-corrected chi connectivity index (χ3v) is 9.83. The molecule has 2 aromatic heterocycles. The lowest BCUT2D eigenvalue weighted by atomic mass is 10.0. The number of aliphatic hydroxyl groups excluding tert-OH is 1. The summed E-state index contributed by atoms with van der Waals surface area (Å²) in [4.78, 5) is 17.0. The molecular formula is C28H32N4O7S2. The normalized spacial score (nSPS) is 12.5. The van der Waals surface area contributed by atoms with Crippen LogP contribution in [-0.2, 0) is 26.7 Å². The summed E-state index contributed by atoms with van der Waals surface area (Å²) in [6.07, 6.45) is 0.310. The number of aromatic nitrogens is 2. The van der Waals surface area contributed by atoms with Crippen LogP contribution in [-0.4, -0.2) is 65.6 Å². The number of aliphatic hydroxyl groups is 1. The Bertz CT molecular complexity index is 1790. The number of aryl methyl sites for hydroxylation is 1. The van der Waals surface area contributed by atoms with Crippen molar-refractivity contribution in [2.75, 3.05) is 13.1 Å². The SMILES string of the molecule is Cc1ccc(S(=O)(=O)n2c(CO)cc3c(-c4ccc(S(=O)(=O)NCCN(C(=O)O)C(C)(C)C)cc4)ccnc32)cc1. The van der Waals surface area contributed by atoms with Crippen molar-refractivity contribution in [1.29, 1.82) is 0 Å². The number of fused-ring (bicyclic) bond motifs is 1. The molecule has 41 heavy (non-hydrogen) atoms. The number of hydrogen-bond acceptors (Lipinski definition) is 7. The molecule has 2 aromatic carbocycles. The van der Waals surface area contributed by atoms with Crippen LogP contribution in [0, 0.1) is 6.92 Å². The average molecular weight is 601 g/mol. The molecule has 0 fully saturated rings. The summed E-state index contributed by atoms with van der Waals surface area (Å²) < 4.78 is 56.2. The van der Waals surface area contributed by atoms with E-state index >= 15 is 0 Å². The van der Waals surface area contributed by atoms with Crippen molar-refractivity contribution in [3.8, 4) is 11.1 Å². The van der Waals surface area contributed by atoms with Crippen LogP contribution in [0.4, 0.5) is 4.79 Å². The number of carbonyl (C=O) groups is 1. The second-order valence-corrected chi connectivity index (χ2v) is 14.1. The third kappa shape index (κ3) is 6.12. The van der Waals surface area contributed by atoms with E-state index in [2.05, 4.69) is 9.71 Å². The van der Waals surface area contributed by atoms with Crippen molar-refractivity contribution in [3.05, 3.63) is 78.1 Å². The molecule has 4 aromatic rings. The Morgan fingerprint density at radius 1 is 0.976 bits per heavy atom. The molecule has 0 atom stereocenters. The molecule has 11 nitrogen and oxygen atoms in total. The summed E-state index contributed by atoms with van der Waals surface area (Å²) in [7, 11) is -8.00. The van der Waals surface area contributed by atoms with E-state index in [9.17, 15) is 31.8 Å². The minimum absolute atomic E-state index is 0.0141. The van der Waals surface area contributed by atoms with Gasteiger partial charge in [-0.2, -0.15) is 0 Å². The van der Waals surface area contributed by atoms with Crippen LogP contribution in [0.2, 0.25) is 0 Å². The topological polar surface area (TPSA) is 159 Å². The summed E-state index contributed by atoms with van der Waals surface area (Å²) >= 11 is 0. The first-order chi connectivity index (χ1) is 19.2. The zero-order valence-electron chi connectivity index (χ0n) is 23.1. The highest BCUT2D eigenvalue weighted by Crippen LogP contribution is 2.33. The van der Waals surface area contributed by atoms with Gasteiger partial charge in [-0.05, 0) is 75.2 Å². The molecule has 2 heterocycles. The number of benzene rings is 2. The second-order valence-electron chi connectivity index (χ2n) is 10.5. The van der Waals surface area contributed by atoms with E-state index in [-0.39, 0.29) is 34.2 Å². The van der Waals surface area contributed by atoms with Gasteiger partial charge in [-0.15, -0.1) is 0 Å². The van der Waals surface area contributed by atoms with E-state index < -0.39 is 38.3 Å². The molecular weight excluding hydrogens is 568 g/mol. The summed E-state index contributed by atoms with van der Waals surface area (Å²) in [5.41, 5.74) is 1.68. The molecule has 0 saturated heterocycles. The maximum absolute atomic E-state index is 13.5. The van der Waals surface area contributed by atoms with Gasteiger partial charge in [-0.25, -0.2) is 35.3 Å². The minimum Gasteiger partial charge on any atom is -0.465 e. The van der Waals surface area contributed by atoms with Gasteiger partial charge < -0.3 is 15.1 Å². The summed E-state index contributed by atoms with van der Waals surface area (Å²) in [6.45, 7) is 6.34. The molecule has 0 spiro atoms. The molecule has 218 valence electrons. The molecule has 0 aliphatic rings. The number of amides is 1. The van der Waals surface area contributed by atoms with Gasteiger partial charge >= 0.3 is 6.09 Å². The standard InChI is InChI=1S/C28H32N4O7S2/c1-19-5-9-23(10-6-19)41(38,39)32-21(18-33)17-25-24(13-14-29-26(25)32)20-7-11-22(12-8-20)40(36,37)30-15-16-31(27(34)35)28(2,3)4/h5-14,17,30,33H,15-16,18H2,1-4H3,(H,34,35). The first-order valence-corrected chi connectivity index (χ1v) is 15.6. The van der Waals surface area contributed by atoms with Crippen molar-refractivity contribution >= 4 is 37.2 Å². The molecule has 0 saturated carbocycles. The lowest BCUT2D eigenvalue weighted by Crippen LogP contribution is -2.48. The van der Waals surface area contributed by atoms with Crippen LogP contribution in [0.25, 0.3) is 22.2 Å². The Morgan fingerprint density at radius 2 is 1.59 bits per heavy atom. The van der Waals surface area contributed by atoms with Gasteiger partial charge in [0.1, 0.15) is 0 Å². The van der Waals surface area contributed by atoms with Gasteiger partial charge in [-0.1, -0.05) is 29.8 Å². The van der Waals surface area contributed by atoms with Crippen LogP contribution >= 0.6 is 0 Å². The predicted molar refractivity (Wildman–Crippen MR) is 155 cm³/mol. The lowest BCUT2D eigenvalue weighted by molar-refractivity contribution is 0.102. The van der Waals surface area contributed by atoms with E-state index in [0.717, 1.165) is 14.4 Å².